The van der Waals surface area contributed by atoms with Crippen LogP contribution >= 0.6 is 0 Å². The Morgan fingerprint density at radius 2 is 2.11 bits per heavy atom. The van der Waals surface area contributed by atoms with Gasteiger partial charge in [0.2, 0.25) is 5.95 Å². The Morgan fingerprint density at radius 1 is 1.42 bits per heavy atom. The highest BCUT2D eigenvalue weighted by Gasteiger charge is 2.41. The van der Waals surface area contributed by atoms with Crippen molar-refractivity contribution in [2.24, 2.45) is 0 Å². The van der Waals surface area contributed by atoms with Crippen LogP contribution in [0.15, 0.2) is 18.2 Å². The maximum absolute atomic E-state index is 13.1. The first-order valence-electron chi connectivity index (χ1n) is 5.17. The Balaban J connectivity index is 2.57. The second kappa shape index (κ2) is 4.42. The zero-order chi connectivity index (χ0) is 14.2. The van der Waals surface area contributed by atoms with Crippen molar-refractivity contribution in [2.45, 2.75) is 18.9 Å². The molecular formula is C11H8F4N4. The Hall–Kier alpha value is -2.30. The number of nitrogens with two attached hydrogens (primary N) is 1. The fourth-order valence-electron chi connectivity index (χ4n) is 1.70. The molecule has 0 atom stereocenters. The van der Waals surface area contributed by atoms with E-state index in [1.165, 1.54) is 18.2 Å². The van der Waals surface area contributed by atoms with Crippen molar-refractivity contribution in [1.82, 2.24) is 9.55 Å². The molecule has 100 valence electrons. The van der Waals surface area contributed by atoms with Gasteiger partial charge in [-0.15, -0.1) is 0 Å². The number of aromatic nitrogens is 2. The first-order valence-corrected chi connectivity index (χ1v) is 5.17. The number of halogens is 4. The summed E-state index contributed by atoms with van der Waals surface area (Å²) in [6.45, 7) is -1.29. The highest BCUT2D eigenvalue weighted by atomic mass is 19.3. The summed E-state index contributed by atoms with van der Waals surface area (Å²) in [6.07, 6.45) is -3.80. The van der Waals surface area contributed by atoms with Crippen molar-refractivity contribution in [3.8, 4) is 6.07 Å². The topological polar surface area (TPSA) is 67.6 Å². The second-order valence-corrected chi connectivity index (χ2v) is 3.90. The van der Waals surface area contributed by atoms with Crippen molar-refractivity contribution in [2.75, 3.05) is 5.73 Å². The molecule has 1 aromatic heterocycles. The highest BCUT2D eigenvalue weighted by Crippen LogP contribution is 2.29. The highest BCUT2D eigenvalue weighted by molar-refractivity contribution is 5.83. The van der Waals surface area contributed by atoms with Gasteiger partial charge in [-0.25, -0.2) is 13.8 Å². The number of imidazole rings is 1. The van der Waals surface area contributed by atoms with Crippen molar-refractivity contribution in [1.29, 1.82) is 5.26 Å². The molecule has 0 aliphatic heterocycles. The standard InChI is InChI=1S/C11H8F4N4/c12-9(13)11(14,15)5-19-7-3-1-2-6(4-16)8(7)18-10(19)17/h1-3,9H,5H2,(H2,17,18). The van der Waals surface area contributed by atoms with Crippen LogP contribution in [0.2, 0.25) is 0 Å². The van der Waals surface area contributed by atoms with Gasteiger partial charge in [-0.1, -0.05) is 6.07 Å². The number of rotatable bonds is 3. The number of hydrogen-bond acceptors (Lipinski definition) is 3. The Bertz CT molecular complexity index is 656. The first-order chi connectivity index (χ1) is 8.86. The molecule has 2 aromatic rings. The predicted octanol–water partition coefficient (Wildman–Crippen LogP) is 2.39. The van der Waals surface area contributed by atoms with Gasteiger partial charge in [0.25, 0.3) is 0 Å². The zero-order valence-corrected chi connectivity index (χ0v) is 9.45. The molecule has 0 unspecified atom stereocenters. The minimum Gasteiger partial charge on any atom is -0.369 e. The van der Waals surface area contributed by atoms with Crippen LogP contribution in [0, 0.1) is 11.3 Å². The number of hydrogen-bond donors (Lipinski definition) is 1. The summed E-state index contributed by atoms with van der Waals surface area (Å²) in [5, 5.41) is 8.85. The molecule has 0 bridgehead atoms. The van der Waals surface area contributed by atoms with E-state index >= 15 is 0 Å². The summed E-state index contributed by atoms with van der Waals surface area (Å²) in [4.78, 5) is 3.77. The van der Waals surface area contributed by atoms with Crippen LogP contribution in [0.5, 0.6) is 0 Å². The van der Waals surface area contributed by atoms with Crippen LogP contribution < -0.4 is 5.73 Å². The number of nitrogens with zero attached hydrogens (tertiary/aromatic N) is 3. The third-order valence-electron chi connectivity index (χ3n) is 2.62. The van der Waals surface area contributed by atoms with E-state index in [0.717, 1.165) is 4.57 Å². The predicted molar refractivity (Wildman–Crippen MR) is 59.8 cm³/mol. The van der Waals surface area contributed by atoms with Crippen LogP contribution in [-0.2, 0) is 6.54 Å². The average Bonchev–Trinajstić information content (AvgIpc) is 2.65. The van der Waals surface area contributed by atoms with E-state index < -0.39 is 18.9 Å². The van der Waals surface area contributed by atoms with Crippen LogP contribution in [-0.4, -0.2) is 21.9 Å². The first kappa shape index (κ1) is 13.1. The molecule has 0 saturated heterocycles. The lowest BCUT2D eigenvalue weighted by atomic mass is 10.2. The fourth-order valence-corrected chi connectivity index (χ4v) is 1.70. The lowest BCUT2D eigenvalue weighted by Gasteiger charge is -2.16. The van der Waals surface area contributed by atoms with Gasteiger partial charge in [0.05, 0.1) is 17.6 Å². The van der Waals surface area contributed by atoms with Gasteiger partial charge in [-0.2, -0.15) is 14.0 Å². The Morgan fingerprint density at radius 3 is 2.68 bits per heavy atom. The molecule has 0 fully saturated rings. The molecule has 1 heterocycles. The fraction of sp³-hybridized carbons (Fsp3) is 0.273. The Kier molecular flexibility index (Phi) is 3.06. The molecule has 4 nitrogen and oxygen atoms in total. The molecule has 2 N–H and O–H groups in total. The third-order valence-corrected chi connectivity index (χ3v) is 2.62. The molecule has 1 aromatic carbocycles. The van der Waals surface area contributed by atoms with Crippen molar-refractivity contribution in [3.63, 3.8) is 0 Å². The average molecular weight is 272 g/mol. The molecule has 0 aliphatic rings. The van der Waals surface area contributed by atoms with E-state index in [-0.39, 0.29) is 22.5 Å². The summed E-state index contributed by atoms with van der Waals surface area (Å²) in [6, 6.07) is 6.10. The molecule has 0 radical (unpaired) electrons. The van der Waals surface area contributed by atoms with Crippen LogP contribution in [0.1, 0.15) is 5.56 Å². The number of benzene rings is 1. The molecule has 2 rings (SSSR count). The minimum absolute atomic E-state index is 0.118. The number of nitrogen functional groups attached to an aromatic ring is 1. The molecule has 19 heavy (non-hydrogen) atoms. The molecule has 0 aliphatic carbocycles. The van der Waals surface area contributed by atoms with E-state index in [4.69, 9.17) is 11.0 Å². The largest absolute Gasteiger partial charge is 0.369 e. The molecule has 0 amide bonds. The zero-order valence-electron chi connectivity index (χ0n) is 9.45. The lowest BCUT2D eigenvalue weighted by molar-refractivity contribution is -0.136. The lowest BCUT2D eigenvalue weighted by Crippen LogP contribution is -2.32. The van der Waals surface area contributed by atoms with E-state index in [1.807, 2.05) is 6.07 Å². The number of anilines is 1. The number of nitriles is 1. The normalized spacial score (nSPS) is 12.0. The van der Waals surface area contributed by atoms with E-state index in [1.54, 1.807) is 0 Å². The maximum atomic E-state index is 13.1. The quantitative estimate of drug-likeness (QED) is 0.872. The van der Waals surface area contributed by atoms with Gasteiger partial charge in [-0.3, -0.25) is 0 Å². The van der Waals surface area contributed by atoms with Gasteiger partial charge < -0.3 is 10.3 Å². The summed E-state index contributed by atoms with van der Waals surface area (Å²) in [7, 11) is 0. The van der Waals surface area contributed by atoms with E-state index in [9.17, 15) is 17.6 Å². The molecule has 8 heteroatoms. The maximum Gasteiger partial charge on any atom is 0.324 e. The van der Waals surface area contributed by atoms with E-state index in [2.05, 4.69) is 4.98 Å². The van der Waals surface area contributed by atoms with Gasteiger partial charge in [0, 0.05) is 0 Å². The van der Waals surface area contributed by atoms with Crippen LogP contribution in [0.3, 0.4) is 0 Å². The van der Waals surface area contributed by atoms with Crippen molar-refractivity contribution < 1.29 is 17.6 Å². The summed E-state index contributed by atoms with van der Waals surface area (Å²) >= 11 is 0. The smallest absolute Gasteiger partial charge is 0.324 e. The van der Waals surface area contributed by atoms with Crippen LogP contribution in [0.25, 0.3) is 11.0 Å². The number of fused-ring (bicyclic) bond motifs is 1. The van der Waals surface area contributed by atoms with Gasteiger partial charge in [0.15, 0.2) is 0 Å². The number of alkyl halides is 4. The molecule has 0 spiro atoms. The summed E-state index contributed by atoms with van der Waals surface area (Å²) in [5.41, 5.74) is 5.83. The summed E-state index contributed by atoms with van der Waals surface area (Å²) < 4.78 is 51.4. The second-order valence-electron chi connectivity index (χ2n) is 3.90. The Labute approximate surface area is 105 Å². The van der Waals surface area contributed by atoms with E-state index in [0.29, 0.717) is 0 Å². The minimum atomic E-state index is -4.22. The van der Waals surface area contributed by atoms with Crippen molar-refractivity contribution >= 4 is 17.0 Å². The monoisotopic (exact) mass is 272 g/mol. The SMILES string of the molecule is N#Cc1cccc2c1nc(N)n2CC(F)(F)C(F)F. The van der Waals surface area contributed by atoms with Gasteiger partial charge in [0.1, 0.15) is 11.6 Å². The van der Waals surface area contributed by atoms with Gasteiger partial charge >= 0.3 is 12.3 Å². The van der Waals surface area contributed by atoms with Crippen molar-refractivity contribution in [3.05, 3.63) is 23.8 Å². The number of para-hydroxylation sites is 1. The molecular weight excluding hydrogens is 264 g/mol. The summed E-state index contributed by atoms with van der Waals surface area (Å²) in [5.74, 6) is -4.55. The van der Waals surface area contributed by atoms with Crippen LogP contribution in [0.4, 0.5) is 23.5 Å². The molecule has 0 saturated carbocycles. The third kappa shape index (κ3) is 2.19. The van der Waals surface area contributed by atoms with Gasteiger partial charge in [-0.05, 0) is 12.1 Å².